The van der Waals surface area contributed by atoms with Crippen LogP contribution in [0.2, 0.25) is 0 Å². The van der Waals surface area contributed by atoms with E-state index in [1.165, 1.54) is 24.4 Å². The highest BCUT2D eigenvalue weighted by Crippen LogP contribution is 2.31. The summed E-state index contributed by atoms with van der Waals surface area (Å²) >= 11 is 1.15. The summed E-state index contributed by atoms with van der Waals surface area (Å²) in [5, 5.41) is 16.9. The fourth-order valence-corrected chi connectivity index (χ4v) is 3.07. The number of phenols is 1. The van der Waals surface area contributed by atoms with Gasteiger partial charge in [-0.2, -0.15) is 0 Å². The van der Waals surface area contributed by atoms with Crippen LogP contribution in [0.15, 0.2) is 41.6 Å². The Morgan fingerprint density at radius 2 is 2.11 bits per heavy atom. The summed E-state index contributed by atoms with van der Waals surface area (Å²) < 4.78 is 41.2. The molecule has 1 aromatic heterocycles. The van der Waals surface area contributed by atoms with Crippen molar-refractivity contribution in [2.24, 2.45) is 5.16 Å². The van der Waals surface area contributed by atoms with Gasteiger partial charge in [-0.3, -0.25) is 0 Å². The zero-order valence-electron chi connectivity index (χ0n) is 13.9. The number of aryl methyl sites for hydroxylation is 1. The molecule has 1 heterocycles. The third kappa shape index (κ3) is 5.00. The average molecular weight is 397 g/mol. The fourth-order valence-electron chi connectivity index (χ4n) is 2.19. The maximum absolute atomic E-state index is 12.3. The molecule has 0 bridgehead atoms. The highest BCUT2D eigenvalue weighted by Gasteiger charge is 2.31. The van der Waals surface area contributed by atoms with Crippen LogP contribution in [-0.4, -0.2) is 29.4 Å². The first-order valence-corrected chi connectivity index (χ1v) is 8.47. The first-order chi connectivity index (χ1) is 12.8. The topological polar surface area (TPSA) is 76.0 Å². The Morgan fingerprint density at radius 3 is 2.89 bits per heavy atom. The minimum atomic E-state index is -4.74. The fraction of sp³-hybridized carbons (Fsp3) is 0.176. The Hall–Kier alpha value is -3.01. The van der Waals surface area contributed by atoms with Gasteiger partial charge in [0, 0.05) is 11.6 Å². The minimum absolute atomic E-state index is 0.00515. The van der Waals surface area contributed by atoms with Crippen molar-refractivity contribution in [2.75, 3.05) is 12.0 Å². The van der Waals surface area contributed by atoms with Gasteiger partial charge in [0.15, 0.2) is 11.9 Å². The van der Waals surface area contributed by atoms with Crippen molar-refractivity contribution in [2.45, 2.75) is 13.3 Å². The minimum Gasteiger partial charge on any atom is -0.507 e. The molecule has 10 heteroatoms. The second kappa shape index (κ2) is 7.70. The van der Waals surface area contributed by atoms with Crippen molar-refractivity contribution >= 4 is 32.9 Å². The number of phenolic OH excluding ortho intramolecular Hbond substituents is 1. The van der Waals surface area contributed by atoms with Crippen molar-refractivity contribution < 1.29 is 27.9 Å². The quantitative estimate of drug-likeness (QED) is 0.275. The van der Waals surface area contributed by atoms with Gasteiger partial charge in [-0.15, -0.1) is 13.2 Å². The average Bonchev–Trinajstić information content (AvgIpc) is 2.98. The van der Waals surface area contributed by atoms with Gasteiger partial charge in [-0.1, -0.05) is 28.6 Å². The second-order valence-electron chi connectivity index (χ2n) is 5.39. The zero-order valence-corrected chi connectivity index (χ0v) is 14.8. The third-order valence-electron chi connectivity index (χ3n) is 3.42. The van der Waals surface area contributed by atoms with Crippen molar-refractivity contribution in [3.8, 4) is 11.5 Å². The Labute approximate surface area is 155 Å². The van der Waals surface area contributed by atoms with Crippen LogP contribution in [-0.2, 0) is 4.84 Å². The van der Waals surface area contributed by atoms with Crippen LogP contribution in [0.5, 0.6) is 11.5 Å². The molecule has 0 aliphatic heterocycles. The number of nitrogens with one attached hydrogen (secondary N) is 1. The van der Waals surface area contributed by atoms with Gasteiger partial charge in [0.1, 0.15) is 11.5 Å². The van der Waals surface area contributed by atoms with Crippen molar-refractivity contribution in [1.82, 2.24) is 4.98 Å². The van der Waals surface area contributed by atoms with E-state index in [0.717, 1.165) is 16.9 Å². The molecule has 0 aliphatic rings. The standard InChI is InChI=1S/C17H14F3N3O3S/c1-10-3-2-4-11(15(10)24)8-22-25-9-21-16-23-13-6-5-12(7-14(13)27-16)26-17(18,19)20/h2-8,24H,9H2,1H3,(H,21,23)/b22-8+. The molecule has 0 unspecified atom stereocenters. The molecular weight excluding hydrogens is 383 g/mol. The van der Waals surface area contributed by atoms with E-state index < -0.39 is 6.36 Å². The SMILES string of the molecule is Cc1cccc(/C=N/OCNc2nc3ccc(OC(F)(F)F)cc3s2)c1O. The molecule has 0 atom stereocenters. The number of oxime groups is 1. The zero-order chi connectivity index (χ0) is 19.4. The molecular formula is C17H14F3N3O3S. The predicted molar refractivity (Wildman–Crippen MR) is 96.3 cm³/mol. The first-order valence-electron chi connectivity index (χ1n) is 7.66. The van der Waals surface area contributed by atoms with E-state index >= 15 is 0 Å². The van der Waals surface area contributed by atoms with E-state index in [0.29, 0.717) is 20.9 Å². The summed E-state index contributed by atoms with van der Waals surface area (Å²) in [5.41, 5.74) is 1.78. The van der Waals surface area contributed by atoms with E-state index in [9.17, 15) is 18.3 Å². The molecule has 27 heavy (non-hydrogen) atoms. The smallest absolute Gasteiger partial charge is 0.507 e. The molecule has 0 fully saturated rings. The molecule has 3 rings (SSSR count). The van der Waals surface area contributed by atoms with Crippen LogP contribution in [0.1, 0.15) is 11.1 Å². The number of anilines is 1. The molecule has 0 aliphatic carbocycles. The van der Waals surface area contributed by atoms with Gasteiger partial charge in [-0.05, 0) is 30.7 Å². The van der Waals surface area contributed by atoms with Gasteiger partial charge in [0.05, 0.1) is 16.4 Å². The lowest BCUT2D eigenvalue weighted by molar-refractivity contribution is -0.274. The lowest BCUT2D eigenvalue weighted by atomic mass is 10.1. The van der Waals surface area contributed by atoms with E-state index in [4.69, 9.17) is 4.84 Å². The maximum atomic E-state index is 12.3. The Morgan fingerprint density at radius 1 is 1.30 bits per heavy atom. The molecule has 2 N–H and O–H groups in total. The van der Waals surface area contributed by atoms with Crippen LogP contribution in [0.4, 0.5) is 18.3 Å². The van der Waals surface area contributed by atoms with Crippen molar-refractivity contribution in [3.63, 3.8) is 0 Å². The number of ether oxygens (including phenoxy) is 1. The number of alkyl halides is 3. The number of thiazole rings is 1. The summed E-state index contributed by atoms with van der Waals surface area (Å²) in [6.07, 6.45) is -3.36. The molecule has 0 saturated heterocycles. The largest absolute Gasteiger partial charge is 0.573 e. The Bertz CT molecular complexity index is 973. The maximum Gasteiger partial charge on any atom is 0.573 e. The lowest BCUT2D eigenvalue weighted by Gasteiger charge is -2.07. The van der Waals surface area contributed by atoms with Gasteiger partial charge < -0.3 is 20.0 Å². The molecule has 0 saturated carbocycles. The van der Waals surface area contributed by atoms with Gasteiger partial charge in [0.25, 0.3) is 0 Å². The molecule has 0 spiro atoms. The number of hydrogen-bond donors (Lipinski definition) is 2. The van der Waals surface area contributed by atoms with Gasteiger partial charge >= 0.3 is 6.36 Å². The van der Waals surface area contributed by atoms with Gasteiger partial charge in [-0.25, -0.2) is 4.98 Å². The summed E-state index contributed by atoms with van der Waals surface area (Å²) in [6.45, 7) is 1.77. The van der Waals surface area contributed by atoms with Crippen LogP contribution >= 0.6 is 11.3 Å². The number of benzene rings is 2. The van der Waals surface area contributed by atoms with Crippen LogP contribution < -0.4 is 10.1 Å². The molecule has 142 valence electrons. The van der Waals surface area contributed by atoms with Crippen molar-refractivity contribution in [3.05, 3.63) is 47.5 Å². The molecule has 3 aromatic rings. The summed E-state index contributed by atoms with van der Waals surface area (Å²) in [5.74, 6) is -0.176. The number of nitrogens with zero attached hydrogens (tertiary/aromatic N) is 2. The highest BCUT2D eigenvalue weighted by molar-refractivity contribution is 7.22. The molecule has 0 radical (unpaired) electrons. The summed E-state index contributed by atoms with van der Waals surface area (Å²) in [4.78, 5) is 9.29. The number of aromatic nitrogens is 1. The monoisotopic (exact) mass is 397 g/mol. The van der Waals surface area contributed by atoms with Gasteiger partial charge in [0.2, 0.25) is 0 Å². The predicted octanol–water partition coefficient (Wildman–Crippen LogP) is 4.63. The van der Waals surface area contributed by atoms with E-state index in [-0.39, 0.29) is 18.2 Å². The van der Waals surface area contributed by atoms with E-state index in [1.807, 2.05) is 0 Å². The summed E-state index contributed by atoms with van der Waals surface area (Å²) in [7, 11) is 0. The number of fused-ring (bicyclic) bond motifs is 1. The number of halogens is 3. The van der Waals surface area contributed by atoms with Crippen LogP contribution in [0, 0.1) is 6.92 Å². The first kappa shape index (κ1) is 18.8. The molecule has 0 amide bonds. The number of aromatic hydroxyl groups is 1. The van der Waals surface area contributed by atoms with Crippen molar-refractivity contribution in [1.29, 1.82) is 0 Å². The normalized spacial score (nSPS) is 11.9. The van der Waals surface area contributed by atoms with Crippen LogP contribution in [0.25, 0.3) is 10.2 Å². The summed E-state index contributed by atoms with van der Waals surface area (Å²) in [6, 6.07) is 9.16. The molecule has 6 nitrogen and oxygen atoms in total. The van der Waals surface area contributed by atoms with E-state index in [2.05, 4.69) is 20.2 Å². The lowest BCUT2D eigenvalue weighted by Crippen LogP contribution is -2.16. The highest BCUT2D eigenvalue weighted by atomic mass is 32.1. The third-order valence-corrected chi connectivity index (χ3v) is 4.39. The van der Waals surface area contributed by atoms with Crippen LogP contribution in [0.3, 0.4) is 0 Å². The number of hydrogen-bond acceptors (Lipinski definition) is 7. The van der Waals surface area contributed by atoms with E-state index in [1.54, 1.807) is 25.1 Å². The number of rotatable bonds is 6. The second-order valence-corrected chi connectivity index (χ2v) is 6.42. The molecule has 2 aromatic carbocycles. The Kier molecular flexibility index (Phi) is 5.36. The Balaban J connectivity index is 1.57. The number of para-hydroxylation sites is 1.